The van der Waals surface area contributed by atoms with Crippen LogP contribution >= 0.6 is 0 Å². The highest BCUT2D eigenvalue weighted by atomic mass is 19.4. The Balaban J connectivity index is 2.78. The molecule has 0 amide bonds. The van der Waals surface area contributed by atoms with Crippen LogP contribution < -0.4 is 0 Å². The van der Waals surface area contributed by atoms with Crippen LogP contribution in [0.25, 0.3) is 0 Å². The van der Waals surface area contributed by atoms with E-state index in [9.17, 15) is 18.0 Å². The fourth-order valence-corrected chi connectivity index (χ4v) is 1.52. The maximum Gasteiger partial charge on any atom is 0.401 e. The summed E-state index contributed by atoms with van der Waals surface area (Å²) in [6.07, 6.45) is -1.45. The minimum Gasteiger partial charge on any atom is -0.480 e. The lowest BCUT2D eigenvalue weighted by Gasteiger charge is -2.22. The van der Waals surface area contributed by atoms with Crippen LogP contribution in [0.5, 0.6) is 0 Å². The topological polar surface area (TPSA) is 53.4 Å². The van der Waals surface area contributed by atoms with Gasteiger partial charge in [0, 0.05) is 18.9 Å². The van der Waals surface area contributed by atoms with Gasteiger partial charge in [0.2, 0.25) is 0 Å². The van der Waals surface area contributed by atoms with E-state index in [1.807, 2.05) is 0 Å². The van der Waals surface area contributed by atoms with Crippen LogP contribution in [-0.2, 0) is 11.3 Å². The van der Waals surface area contributed by atoms with Gasteiger partial charge in [0.05, 0.1) is 13.1 Å². The number of rotatable bonds is 5. The Morgan fingerprint density at radius 1 is 1.50 bits per heavy atom. The number of aryl methyl sites for hydroxylation is 1. The van der Waals surface area contributed by atoms with Gasteiger partial charge < -0.3 is 5.11 Å². The summed E-state index contributed by atoms with van der Waals surface area (Å²) in [7, 11) is 0. The first kappa shape index (κ1) is 14.4. The molecule has 0 aromatic carbocycles. The Morgan fingerprint density at radius 3 is 2.67 bits per heavy atom. The highest BCUT2D eigenvalue weighted by molar-refractivity contribution is 5.69. The van der Waals surface area contributed by atoms with Crippen molar-refractivity contribution in [1.82, 2.24) is 9.88 Å². The minimum atomic E-state index is -4.43. The molecule has 0 spiro atoms. The van der Waals surface area contributed by atoms with Gasteiger partial charge in [-0.05, 0) is 24.1 Å². The van der Waals surface area contributed by atoms with E-state index in [0.29, 0.717) is 5.56 Å². The van der Waals surface area contributed by atoms with Crippen LogP contribution in [0.15, 0.2) is 18.5 Å². The van der Waals surface area contributed by atoms with E-state index in [4.69, 9.17) is 5.11 Å². The zero-order valence-corrected chi connectivity index (χ0v) is 9.74. The van der Waals surface area contributed by atoms with Crippen molar-refractivity contribution in [2.24, 2.45) is 0 Å². The molecule has 0 aliphatic carbocycles. The van der Waals surface area contributed by atoms with Crippen LogP contribution in [0.3, 0.4) is 0 Å². The molecule has 0 unspecified atom stereocenters. The first-order valence-corrected chi connectivity index (χ1v) is 5.18. The average Bonchev–Trinajstić information content (AvgIpc) is 2.17. The largest absolute Gasteiger partial charge is 0.480 e. The number of carboxylic acid groups (broad SMARTS) is 1. The molecule has 4 nitrogen and oxygen atoms in total. The number of nitrogens with zero attached hydrogens (tertiary/aromatic N) is 2. The fourth-order valence-electron chi connectivity index (χ4n) is 1.52. The van der Waals surface area contributed by atoms with Gasteiger partial charge in [0.1, 0.15) is 0 Å². The second-order valence-corrected chi connectivity index (χ2v) is 3.96. The normalized spacial score (nSPS) is 11.8. The zero-order valence-electron chi connectivity index (χ0n) is 9.74. The number of halogens is 3. The standard InChI is InChI=1S/C11H13F3N2O2/c1-8-2-3-15-4-9(8)5-16(6-10(17)18)7-11(12,13)14/h2-4H,5-7H2,1H3,(H,17,18). The van der Waals surface area contributed by atoms with Crippen molar-refractivity contribution in [3.8, 4) is 0 Å². The summed E-state index contributed by atoms with van der Waals surface area (Å²) in [4.78, 5) is 15.2. The summed E-state index contributed by atoms with van der Waals surface area (Å²) in [6.45, 7) is -0.267. The molecule has 1 N–H and O–H groups in total. The lowest BCUT2D eigenvalue weighted by atomic mass is 10.1. The summed E-state index contributed by atoms with van der Waals surface area (Å²) in [6, 6.07) is 1.67. The number of aromatic nitrogens is 1. The molecule has 1 rings (SSSR count). The molecule has 0 aliphatic heterocycles. The van der Waals surface area contributed by atoms with Gasteiger partial charge in [-0.25, -0.2) is 0 Å². The van der Waals surface area contributed by atoms with E-state index in [1.165, 1.54) is 12.4 Å². The molecule has 0 saturated heterocycles. The third-order valence-electron chi connectivity index (χ3n) is 2.30. The van der Waals surface area contributed by atoms with Crippen LogP contribution in [0.2, 0.25) is 0 Å². The number of carbonyl (C=O) groups is 1. The predicted octanol–water partition coefficient (Wildman–Crippen LogP) is 1.84. The number of alkyl halides is 3. The lowest BCUT2D eigenvalue weighted by Crippen LogP contribution is -2.37. The summed E-state index contributed by atoms with van der Waals surface area (Å²) in [5, 5.41) is 8.60. The fraction of sp³-hybridized carbons (Fsp3) is 0.455. The van der Waals surface area contributed by atoms with E-state index >= 15 is 0 Å². The van der Waals surface area contributed by atoms with Crippen LogP contribution in [0.4, 0.5) is 13.2 Å². The van der Waals surface area contributed by atoms with Gasteiger partial charge in [-0.1, -0.05) is 0 Å². The predicted molar refractivity (Wildman–Crippen MR) is 57.9 cm³/mol. The van der Waals surface area contributed by atoms with Gasteiger partial charge in [-0.2, -0.15) is 13.2 Å². The highest BCUT2D eigenvalue weighted by Gasteiger charge is 2.31. The summed E-state index contributed by atoms with van der Waals surface area (Å²) in [5.41, 5.74) is 1.37. The highest BCUT2D eigenvalue weighted by Crippen LogP contribution is 2.18. The molecule has 0 bridgehead atoms. The van der Waals surface area contributed by atoms with Gasteiger partial charge >= 0.3 is 12.1 Å². The molecule has 100 valence electrons. The Kier molecular flexibility index (Phi) is 4.66. The number of hydrogen-bond donors (Lipinski definition) is 1. The third kappa shape index (κ3) is 5.13. The van der Waals surface area contributed by atoms with Gasteiger partial charge in [-0.15, -0.1) is 0 Å². The van der Waals surface area contributed by atoms with E-state index in [1.54, 1.807) is 13.0 Å². The Hall–Kier alpha value is -1.63. The van der Waals surface area contributed by atoms with Crippen molar-refractivity contribution in [1.29, 1.82) is 0 Å². The van der Waals surface area contributed by atoms with Crippen molar-refractivity contribution in [3.05, 3.63) is 29.6 Å². The number of pyridine rings is 1. The molecular weight excluding hydrogens is 249 g/mol. The molecule has 1 aromatic heterocycles. The third-order valence-corrected chi connectivity index (χ3v) is 2.30. The average molecular weight is 262 g/mol. The maximum absolute atomic E-state index is 12.3. The van der Waals surface area contributed by atoms with Gasteiger partial charge in [0.15, 0.2) is 0 Å². The SMILES string of the molecule is Cc1ccncc1CN(CC(=O)O)CC(F)(F)F. The zero-order chi connectivity index (χ0) is 13.8. The second-order valence-electron chi connectivity index (χ2n) is 3.96. The van der Waals surface area contributed by atoms with E-state index < -0.39 is 25.2 Å². The molecule has 0 fully saturated rings. The lowest BCUT2D eigenvalue weighted by molar-refractivity contribution is -0.154. The quantitative estimate of drug-likeness (QED) is 0.879. The molecule has 1 aromatic rings. The Bertz CT molecular complexity index is 421. The molecule has 7 heteroatoms. The molecule has 0 radical (unpaired) electrons. The van der Waals surface area contributed by atoms with Crippen LogP contribution in [0.1, 0.15) is 11.1 Å². The van der Waals surface area contributed by atoms with Gasteiger partial charge in [0.25, 0.3) is 0 Å². The molecule has 0 saturated carbocycles. The van der Waals surface area contributed by atoms with Gasteiger partial charge in [-0.3, -0.25) is 14.7 Å². The van der Waals surface area contributed by atoms with Crippen molar-refractivity contribution < 1.29 is 23.1 Å². The second kappa shape index (κ2) is 5.81. The van der Waals surface area contributed by atoms with Crippen LogP contribution in [0, 0.1) is 6.92 Å². The van der Waals surface area contributed by atoms with Crippen LogP contribution in [-0.4, -0.2) is 40.2 Å². The molecular formula is C11H13F3N2O2. The minimum absolute atomic E-state index is 0.0918. The monoisotopic (exact) mass is 262 g/mol. The summed E-state index contributed by atoms with van der Waals surface area (Å²) < 4.78 is 36.9. The number of carboxylic acids is 1. The molecule has 18 heavy (non-hydrogen) atoms. The first-order chi connectivity index (χ1) is 8.28. The maximum atomic E-state index is 12.3. The van der Waals surface area contributed by atoms with Crippen molar-refractivity contribution in [2.45, 2.75) is 19.6 Å². The molecule has 0 atom stereocenters. The molecule has 1 heterocycles. The van der Waals surface area contributed by atoms with E-state index in [2.05, 4.69) is 4.98 Å². The molecule has 0 aliphatic rings. The van der Waals surface area contributed by atoms with Crippen molar-refractivity contribution in [3.63, 3.8) is 0 Å². The van der Waals surface area contributed by atoms with E-state index in [0.717, 1.165) is 10.5 Å². The van der Waals surface area contributed by atoms with Crippen molar-refractivity contribution >= 4 is 5.97 Å². The number of hydrogen-bond acceptors (Lipinski definition) is 3. The number of aliphatic carboxylic acids is 1. The van der Waals surface area contributed by atoms with E-state index in [-0.39, 0.29) is 6.54 Å². The smallest absolute Gasteiger partial charge is 0.401 e. The Morgan fingerprint density at radius 2 is 2.17 bits per heavy atom. The summed E-state index contributed by atoms with van der Waals surface area (Å²) in [5.74, 6) is -1.29. The Labute approximate surface area is 102 Å². The van der Waals surface area contributed by atoms with Crippen molar-refractivity contribution in [2.75, 3.05) is 13.1 Å². The first-order valence-electron chi connectivity index (χ1n) is 5.18. The summed E-state index contributed by atoms with van der Waals surface area (Å²) >= 11 is 0.